The predicted molar refractivity (Wildman–Crippen MR) is 116 cm³/mol. The van der Waals surface area contributed by atoms with Crippen molar-refractivity contribution in [1.29, 1.82) is 5.26 Å². The van der Waals surface area contributed by atoms with Gasteiger partial charge in [-0.3, -0.25) is 9.59 Å². The maximum Gasteiger partial charge on any atom is 0.338 e. The average Bonchev–Trinajstić information content (AvgIpc) is 2.79. The van der Waals surface area contributed by atoms with Gasteiger partial charge in [-0.2, -0.15) is 5.26 Å². The summed E-state index contributed by atoms with van der Waals surface area (Å²) in [7, 11) is 0. The second kappa shape index (κ2) is 10.3. The van der Waals surface area contributed by atoms with Crippen LogP contribution < -0.4 is 10.2 Å². The van der Waals surface area contributed by atoms with Crippen LogP contribution in [0, 0.1) is 11.3 Å². The summed E-state index contributed by atoms with van der Waals surface area (Å²) in [6.07, 6.45) is -0.289. The molecular weight excluding hydrogens is 396 g/mol. The first-order chi connectivity index (χ1) is 15.0. The van der Waals surface area contributed by atoms with E-state index in [0.29, 0.717) is 43.0 Å². The number of rotatable bonds is 6. The summed E-state index contributed by atoms with van der Waals surface area (Å²) in [5, 5.41) is 11.5. The topological polar surface area (TPSA) is 103 Å². The van der Waals surface area contributed by atoms with E-state index in [1.54, 1.807) is 42.2 Å². The van der Waals surface area contributed by atoms with Crippen LogP contribution in [0.3, 0.4) is 0 Å². The molecule has 0 atom stereocenters. The number of carbonyl (C=O) groups excluding carboxylic acids is 3. The van der Waals surface area contributed by atoms with Crippen LogP contribution in [0.25, 0.3) is 0 Å². The van der Waals surface area contributed by atoms with Crippen LogP contribution in [0.1, 0.15) is 34.1 Å². The summed E-state index contributed by atoms with van der Waals surface area (Å²) in [4.78, 5) is 40.7. The third-order valence-electron chi connectivity index (χ3n) is 4.95. The number of amides is 2. The number of piperazine rings is 1. The van der Waals surface area contributed by atoms with Crippen molar-refractivity contribution in [2.75, 3.05) is 43.0 Å². The lowest BCUT2D eigenvalue weighted by molar-refractivity contribution is -0.115. The van der Waals surface area contributed by atoms with E-state index >= 15 is 0 Å². The van der Waals surface area contributed by atoms with E-state index in [-0.39, 0.29) is 18.9 Å². The Morgan fingerprint density at radius 2 is 1.74 bits per heavy atom. The molecule has 1 heterocycles. The quantitative estimate of drug-likeness (QED) is 0.721. The van der Waals surface area contributed by atoms with Crippen LogP contribution in [0.15, 0.2) is 48.5 Å². The van der Waals surface area contributed by atoms with Gasteiger partial charge in [0, 0.05) is 31.7 Å². The molecule has 2 aromatic rings. The summed E-state index contributed by atoms with van der Waals surface area (Å²) in [6.45, 7) is 4.15. The summed E-state index contributed by atoms with van der Waals surface area (Å²) in [5.41, 5.74) is 2.13. The summed E-state index contributed by atoms with van der Waals surface area (Å²) < 4.78 is 5.04. The normalized spacial score (nSPS) is 13.3. The molecule has 160 valence electrons. The summed E-state index contributed by atoms with van der Waals surface area (Å²) in [6, 6.07) is 15.9. The molecule has 0 aromatic heterocycles. The van der Waals surface area contributed by atoms with E-state index < -0.39 is 11.9 Å². The van der Waals surface area contributed by atoms with Crippen LogP contribution in [0.5, 0.6) is 0 Å². The Hall–Kier alpha value is -3.86. The van der Waals surface area contributed by atoms with Crippen molar-refractivity contribution in [3.63, 3.8) is 0 Å². The Balaban J connectivity index is 1.76. The van der Waals surface area contributed by atoms with Gasteiger partial charge in [0.1, 0.15) is 6.42 Å². The van der Waals surface area contributed by atoms with Crippen LogP contribution in [-0.4, -0.2) is 55.5 Å². The number of nitriles is 1. The number of carbonyl (C=O) groups is 3. The fourth-order valence-corrected chi connectivity index (χ4v) is 3.43. The van der Waals surface area contributed by atoms with Gasteiger partial charge in [0.05, 0.1) is 29.6 Å². The first-order valence-electron chi connectivity index (χ1n) is 10.1. The molecule has 1 fully saturated rings. The van der Waals surface area contributed by atoms with E-state index in [0.717, 1.165) is 5.69 Å². The molecule has 31 heavy (non-hydrogen) atoms. The number of hydrogen-bond donors (Lipinski definition) is 1. The molecule has 2 amide bonds. The molecule has 0 spiro atoms. The summed E-state index contributed by atoms with van der Waals surface area (Å²) in [5.74, 6) is -0.953. The van der Waals surface area contributed by atoms with E-state index in [1.165, 1.54) is 0 Å². The molecule has 1 aliphatic rings. The maximum atomic E-state index is 12.7. The van der Waals surface area contributed by atoms with Crippen LogP contribution in [-0.2, 0) is 9.53 Å². The van der Waals surface area contributed by atoms with E-state index in [2.05, 4.69) is 5.32 Å². The molecule has 0 unspecified atom stereocenters. The molecule has 1 aliphatic heterocycles. The second-order valence-electron chi connectivity index (χ2n) is 6.98. The second-order valence-corrected chi connectivity index (χ2v) is 6.98. The Labute approximate surface area is 181 Å². The van der Waals surface area contributed by atoms with E-state index in [4.69, 9.17) is 10.00 Å². The Kier molecular flexibility index (Phi) is 7.22. The van der Waals surface area contributed by atoms with Crippen molar-refractivity contribution in [2.24, 2.45) is 0 Å². The third-order valence-corrected chi connectivity index (χ3v) is 4.95. The van der Waals surface area contributed by atoms with E-state index in [1.807, 2.05) is 29.2 Å². The SMILES string of the molecule is CCOC(=O)c1ccc(N2CCN(C(=O)c3ccccc3)CC2)c(NC(=O)CC#N)c1. The highest BCUT2D eigenvalue weighted by atomic mass is 16.5. The minimum atomic E-state index is -0.483. The van der Waals surface area contributed by atoms with Gasteiger partial charge < -0.3 is 19.9 Å². The molecule has 1 saturated heterocycles. The number of benzene rings is 2. The highest BCUT2D eigenvalue weighted by molar-refractivity contribution is 5.99. The molecule has 0 radical (unpaired) electrons. The van der Waals surface area contributed by atoms with Gasteiger partial charge in [-0.15, -0.1) is 0 Å². The van der Waals surface area contributed by atoms with Crippen molar-refractivity contribution in [3.8, 4) is 6.07 Å². The minimum absolute atomic E-state index is 0.0135. The fraction of sp³-hybridized carbons (Fsp3) is 0.304. The van der Waals surface area contributed by atoms with Crippen LogP contribution >= 0.6 is 0 Å². The lowest BCUT2D eigenvalue weighted by Gasteiger charge is -2.37. The minimum Gasteiger partial charge on any atom is -0.462 e. The maximum absolute atomic E-state index is 12.7. The number of ether oxygens (including phenoxy) is 1. The van der Waals surface area contributed by atoms with Gasteiger partial charge in [0.2, 0.25) is 5.91 Å². The molecule has 0 saturated carbocycles. The van der Waals surface area contributed by atoms with Crippen molar-refractivity contribution < 1.29 is 19.1 Å². The predicted octanol–water partition coefficient (Wildman–Crippen LogP) is 2.68. The number of hydrogen-bond acceptors (Lipinski definition) is 6. The lowest BCUT2D eigenvalue weighted by atomic mass is 10.1. The first-order valence-corrected chi connectivity index (χ1v) is 10.1. The molecule has 8 heteroatoms. The van der Waals surface area contributed by atoms with Crippen molar-refractivity contribution in [1.82, 2.24) is 4.90 Å². The molecular formula is C23H24N4O4. The van der Waals surface area contributed by atoms with Gasteiger partial charge in [0.15, 0.2) is 0 Å². The van der Waals surface area contributed by atoms with Crippen molar-refractivity contribution >= 4 is 29.2 Å². The standard InChI is InChI=1S/C23H24N4O4/c1-2-31-23(30)18-8-9-20(19(16-18)25-21(28)10-11-24)26-12-14-27(15-13-26)22(29)17-6-4-3-5-7-17/h3-9,16H,2,10,12-15H2,1H3,(H,25,28). The van der Waals surface area contributed by atoms with Gasteiger partial charge in [0.25, 0.3) is 5.91 Å². The summed E-state index contributed by atoms with van der Waals surface area (Å²) >= 11 is 0. The Bertz CT molecular complexity index is 992. The van der Waals surface area contributed by atoms with Crippen molar-refractivity contribution in [2.45, 2.75) is 13.3 Å². The van der Waals surface area contributed by atoms with Gasteiger partial charge in [-0.05, 0) is 37.3 Å². The van der Waals surface area contributed by atoms with Gasteiger partial charge in [-0.25, -0.2) is 4.79 Å². The Morgan fingerprint density at radius 3 is 2.39 bits per heavy atom. The van der Waals surface area contributed by atoms with Crippen molar-refractivity contribution in [3.05, 3.63) is 59.7 Å². The monoisotopic (exact) mass is 420 g/mol. The molecule has 0 bridgehead atoms. The van der Waals surface area contributed by atoms with E-state index in [9.17, 15) is 14.4 Å². The molecule has 2 aromatic carbocycles. The molecule has 3 rings (SSSR count). The van der Waals surface area contributed by atoms with Gasteiger partial charge in [-0.1, -0.05) is 18.2 Å². The smallest absolute Gasteiger partial charge is 0.338 e. The average molecular weight is 420 g/mol. The molecule has 1 N–H and O–H groups in total. The zero-order valence-corrected chi connectivity index (χ0v) is 17.3. The largest absolute Gasteiger partial charge is 0.462 e. The highest BCUT2D eigenvalue weighted by Gasteiger charge is 2.24. The zero-order valence-electron chi connectivity index (χ0n) is 17.3. The molecule has 0 aliphatic carbocycles. The number of esters is 1. The van der Waals surface area contributed by atoms with Gasteiger partial charge >= 0.3 is 5.97 Å². The van der Waals surface area contributed by atoms with Crippen LogP contribution in [0.4, 0.5) is 11.4 Å². The Morgan fingerprint density at radius 1 is 1.03 bits per heavy atom. The zero-order chi connectivity index (χ0) is 22.2. The first kappa shape index (κ1) is 21.8. The number of nitrogens with one attached hydrogen (secondary N) is 1. The number of nitrogens with zero attached hydrogens (tertiary/aromatic N) is 3. The fourth-order valence-electron chi connectivity index (χ4n) is 3.43. The highest BCUT2D eigenvalue weighted by Crippen LogP contribution is 2.29. The molecule has 8 nitrogen and oxygen atoms in total. The number of anilines is 2. The third kappa shape index (κ3) is 5.39. The lowest BCUT2D eigenvalue weighted by Crippen LogP contribution is -2.49. The van der Waals surface area contributed by atoms with Crippen LogP contribution in [0.2, 0.25) is 0 Å².